The van der Waals surface area contributed by atoms with E-state index in [-0.39, 0.29) is 23.6 Å². The molecule has 1 fully saturated rings. The Hall–Kier alpha value is -2.84. The van der Waals surface area contributed by atoms with E-state index >= 15 is 0 Å². The molecule has 1 aromatic heterocycles. The average molecular weight is 330 g/mol. The van der Waals surface area contributed by atoms with Crippen molar-refractivity contribution in [2.75, 3.05) is 11.9 Å². The number of likely N-dealkylation sites (N-methyl/N-ethyl adjacent to an activating group) is 1. The Morgan fingerprint density at radius 1 is 1.33 bits per heavy atom. The second-order valence-electron chi connectivity index (χ2n) is 5.69. The van der Waals surface area contributed by atoms with E-state index in [1.807, 2.05) is 0 Å². The van der Waals surface area contributed by atoms with E-state index < -0.39 is 11.8 Å². The van der Waals surface area contributed by atoms with Crippen molar-refractivity contribution in [2.24, 2.45) is 15.9 Å². The normalized spacial score (nSPS) is 19.4. The van der Waals surface area contributed by atoms with Crippen LogP contribution in [0, 0.1) is 12.8 Å². The molecule has 9 nitrogen and oxygen atoms in total. The number of rotatable bonds is 2. The molecule has 9 heteroatoms. The van der Waals surface area contributed by atoms with Crippen LogP contribution in [-0.2, 0) is 14.4 Å². The van der Waals surface area contributed by atoms with Gasteiger partial charge in [0.25, 0.3) is 11.9 Å². The maximum Gasteiger partial charge on any atom is 0.314 e. The molecule has 0 aromatic carbocycles. The van der Waals surface area contributed by atoms with Crippen molar-refractivity contribution in [3.63, 3.8) is 0 Å². The molecular formula is C15H18N6O3. The standard InChI is InChI=1S/C15H18N6O3/c1-3-16-13(23)14(24)18-11-7-8(2)20-21(11)15-17-10-6-4-5-9(10)12(22)19-15/h7,9H,3-6H2,1-2H3,(H,16,23)(H,18,24). The highest BCUT2D eigenvalue weighted by atomic mass is 16.2. The number of hydrogen-bond donors (Lipinski definition) is 2. The molecule has 24 heavy (non-hydrogen) atoms. The van der Waals surface area contributed by atoms with Gasteiger partial charge in [0.1, 0.15) is 5.82 Å². The summed E-state index contributed by atoms with van der Waals surface area (Å²) >= 11 is 0. The van der Waals surface area contributed by atoms with Gasteiger partial charge in [-0.15, -0.1) is 0 Å². The molecule has 0 radical (unpaired) electrons. The third-order valence-electron chi connectivity index (χ3n) is 3.89. The first-order valence-electron chi connectivity index (χ1n) is 7.85. The highest BCUT2D eigenvalue weighted by Crippen LogP contribution is 2.27. The highest BCUT2D eigenvalue weighted by Gasteiger charge is 2.33. The Bertz CT molecular complexity index is 776. The molecule has 2 aliphatic rings. The first-order chi connectivity index (χ1) is 11.5. The van der Waals surface area contributed by atoms with Gasteiger partial charge in [-0.2, -0.15) is 14.8 Å². The maximum absolute atomic E-state index is 12.1. The Balaban J connectivity index is 1.88. The molecule has 1 aliphatic heterocycles. The summed E-state index contributed by atoms with van der Waals surface area (Å²) in [6, 6.07) is 1.59. The molecule has 3 amide bonds. The fourth-order valence-electron chi connectivity index (χ4n) is 2.81. The lowest BCUT2D eigenvalue weighted by Gasteiger charge is -2.15. The van der Waals surface area contributed by atoms with E-state index in [1.165, 1.54) is 4.68 Å². The number of aliphatic imine (C=N–C) groups is 2. The van der Waals surface area contributed by atoms with Gasteiger partial charge in [0.2, 0.25) is 0 Å². The second kappa shape index (κ2) is 6.34. The molecule has 0 spiro atoms. The topological polar surface area (TPSA) is 118 Å². The SMILES string of the molecule is CCNC(=O)C(=O)Nc1cc(C)nn1C1=NC(=O)C2CCCC2=N1. The van der Waals surface area contributed by atoms with Crippen molar-refractivity contribution < 1.29 is 14.4 Å². The summed E-state index contributed by atoms with van der Waals surface area (Å²) in [7, 11) is 0. The van der Waals surface area contributed by atoms with E-state index in [1.54, 1.807) is 19.9 Å². The van der Waals surface area contributed by atoms with Gasteiger partial charge in [-0.1, -0.05) is 0 Å². The summed E-state index contributed by atoms with van der Waals surface area (Å²) in [5.41, 5.74) is 1.41. The quantitative estimate of drug-likeness (QED) is 0.756. The van der Waals surface area contributed by atoms with Crippen molar-refractivity contribution in [3.05, 3.63) is 11.8 Å². The summed E-state index contributed by atoms with van der Waals surface area (Å²) in [5.74, 6) is -1.65. The van der Waals surface area contributed by atoms with Crippen molar-refractivity contribution in [1.82, 2.24) is 15.1 Å². The van der Waals surface area contributed by atoms with Crippen LogP contribution in [0.5, 0.6) is 0 Å². The zero-order chi connectivity index (χ0) is 17.3. The van der Waals surface area contributed by atoms with Gasteiger partial charge in [0.15, 0.2) is 0 Å². The molecule has 1 saturated carbocycles. The minimum atomic E-state index is -0.813. The van der Waals surface area contributed by atoms with Crippen LogP contribution in [0.25, 0.3) is 0 Å². The van der Waals surface area contributed by atoms with Crippen LogP contribution < -0.4 is 10.6 Å². The van der Waals surface area contributed by atoms with Crippen LogP contribution in [0.4, 0.5) is 5.82 Å². The zero-order valence-corrected chi connectivity index (χ0v) is 13.5. The molecule has 2 N–H and O–H groups in total. The number of nitrogens with one attached hydrogen (secondary N) is 2. The van der Waals surface area contributed by atoms with Crippen LogP contribution in [0.1, 0.15) is 31.9 Å². The predicted octanol–water partition coefficient (Wildman–Crippen LogP) is 0.252. The van der Waals surface area contributed by atoms with Gasteiger partial charge in [0, 0.05) is 18.3 Å². The molecule has 1 unspecified atom stereocenters. The van der Waals surface area contributed by atoms with Gasteiger partial charge in [-0.25, -0.2) is 4.99 Å². The minimum absolute atomic E-state index is 0.118. The van der Waals surface area contributed by atoms with Gasteiger partial charge in [-0.05, 0) is 33.1 Å². The Kier molecular flexibility index (Phi) is 4.24. The number of aromatic nitrogens is 2. The molecular weight excluding hydrogens is 312 g/mol. The van der Waals surface area contributed by atoms with Crippen molar-refractivity contribution in [1.29, 1.82) is 0 Å². The molecule has 1 atom stereocenters. The number of nitrogens with zero attached hydrogens (tertiary/aromatic N) is 4. The number of aryl methyl sites for hydroxylation is 1. The zero-order valence-electron chi connectivity index (χ0n) is 13.5. The molecule has 1 aliphatic carbocycles. The Morgan fingerprint density at radius 3 is 2.88 bits per heavy atom. The van der Waals surface area contributed by atoms with E-state index in [4.69, 9.17) is 0 Å². The Labute approximate surface area is 138 Å². The second-order valence-corrected chi connectivity index (χ2v) is 5.69. The highest BCUT2D eigenvalue weighted by molar-refractivity contribution is 6.39. The maximum atomic E-state index is 12.1. The molecule has 0 bridgehead atoms. The van der Waals surface area contributed by atoms with Gasteiger partial charge in [-0.3, -0.25) is 14.4 Å². The first kappa shape index (κ1) is 16.0. The van der Waals surface area contributed by atoms with Crippen LogP contribution in [-0.4, -0.2) is 45.7 Å². The fourth-order valence-corrected chi connectivity index (χ4v) is 2.81. The monoisotopic (exact) mass is 330 g/mol. The van der Waals surface area contributed by atoms with E-state index in [2.05, 4.69) is 25.7 Å². The number of hydrogen-bond acceptors (Lipinski definition) is 5. The van der Waals surface area contributed by atoms with Crippen LogP contribution in [0.3, 0.4) is 0 Å². The number of fused-ring (bicyclic) bond motifs is 1. The molecule has 1 aromatic rings. The largest absolute Gasteiger partial charge is 0.348 e. The lowest BCUT2D eigenvalue weighted by atomic mass is 10.1. The number of anilines is 1. The Morgan fingerprint density at radius 2 is 2.12 bits per heavy atom. The molecule has 126 valence electrons. The van der Waals surface area contributed by atoms with E-state index in [0.717, 1.165) is 25.0 Å². The van der Waals surface area contributed by atoms with E-state index in [0.29, 0.717) is 12.2 Å². The van der Waals surface area contributed by atoms with E-state index in [9.17, 15) is 14.4 Å². The summed E-state index contributed by atoms with van der Waals surface area (Å²) in [6.07, 6.45) is 2.45. The first-order valence-corrected chi connectivity index (χ1v) is 7.85. The third-order valence-corrected chi connectivity index (χ3v) is 3.89. The fraction of sp³-hybridized carbons (Fsp3) is 0.467. The van der Waals surface area contributed by atoms with Crippen molar-refractivity contribution in [3.8, 4) is 0 Å². The lowest BCUT2D eigenvalue weighted by molar-refractivity contribution is -0.136. The smallest absolute Gasteiger partial charge is 0.314 e. The van der Waals surface area contributed by atoms with Crippen LogP contribution in [0.2, 0.25) is 0 Å². The minimum Gasteiger partial charge on any atom is -0.348 e. The van der Waals surface area contributed by atoms with Crippen LogP contribution >= 0.6 is 0 Å². The summed E-state index contributed by atoms with van der Waals surface area (Å²) in [4.78, 5) is 44.0. The number of carbonyl (C=O) groups is 3. The number of carbonyl (C=O) groups excluding carboxylic acids is 3. The molecule has 0 saturated heterocycles. The summed E-state index contributed by atoms with van der Waals surface area (Å²) < 4.78 is 1.28. The van der Waals surface area contributed by atoms with Crippen molar-refractivity contribution in [2.45, 2.75) is 33.1 Å². The molecule has 2 heterocycles. The summed E-state index contributed by atoms with van der Waals surface area (Å²) in [5, 5.41) is 9.11. The van der Waals surface area contributed by atoms with Crippen molar-refractivity contribution >= 4 is 35.2 Å². The molecule has 3 rings (SSSR count). The predicted molar refractivity (Wildman–Crippen MR) is 86.9 cm³/mol. The number of amides is 3. The average Bonchev–Trinajstić information content (AvgIpc) is 3.14. The summed E-state index contributed by atoms with van der Waals surface area (Å²) in [6.45, 7) is 3.80. The van der Waals surface area contributed by atoms with Gasteiger partial charge >= 0.3 is 11.8 Å². The van der Waals surface area contributed by atoms with Crippen LogP contribution in [0.15, 0.2) is 16.1 Å². The lowest BCUT2D eigenvalue weighted by Crippen LogP contribution is -2.36. The third kappa shape index (κ3) is 2.97. The van der Waals surface area contributed by atoms with Gasteiger partial charge < -0.3 is 10.6 Å². The van der Waals surface area contributed by atoms with Gasteiger partial charge in [0.05, 0.1) is 11.6 Å².